The summed E-state index contributed by atoms with van der Waals surface area (Å²) in [5.74, 6) is 1.19. The quantitative estimate of drug-likeness (QED) is 0.780. The van der Waals surface area contributed by atoms with Crippen molar-refractivity contribution in [2.45, 2.75) is 19.9 Å². The lowest BCUT2D eigenvalue weighted by Gasteiger charge is -1.97. The first kappa shape index (κ1) is 12.4. The van der Waals surface area contributed by atoms with Crippen LogP contribution in [0.15, 0.2) is 41.2 Å². The fraction of sp³-hybridized carbons (Fsp3) is 0.214. The van der Waals surface area contributed by atoms with Crippen LogP contribution in [0.1, 0.15) is 22.8 Å². The smallest absolute Gasteiger partial charge is 0.248 e. The second-order valence-electron chi connectivity index (χ2n) is 4.74. The zero-order valence-electron chi connectivity index (χ0n) is 11.2. The third kappa shape index (κ3) is 2.85. The molecule has 6 heteroatoms. The molecule has 102 valence electrons. The molecular weight excluding hydrogens is 254 g/mol. The highest BCUT2D eigenvalue weighted by atomic mass is 16.5. The first-order chi connectivity index (χ1) is 9.69. The number of aromatic nitrogens is 4. The van der Waals surface area contributed by atoms with Crippen LogP contribution in [0.2, 0.25) is 0 Å². The van der Waals surface area contributed by atoms with E-state index < -0.39 is 0 Å². The van der Waals surface area contributed by atoms with Crippen LogP contribution in [0, 0.1) is 6.92 Å². The van der Waals surface area contributed by atoms with Crippen molar-refractivity contribution in [2.75, 3.05) is 5.73 Å². The number of nitrogen functional groups attached to an aromatic ring is 1. The molecule has 0 saturated carbocycles. The van der Waals surface area contributed by atoms with E-state index in [-0.39, 0.29) is 0 Å². The van der Waals surface area contributed by atoms with Crippen molar-refractivity contribution in [1.82, 2.24) is 19.9 Å². The number of aryl methyl sites for hydroxylation is 1. The zero-order valence-corrected chi connectivity index (χ0v) is 11.2. The summed E-state index contributed by atoms with van der Waals surface area (Å²) in [6.07, 6.45) is 3.97. The van der Waals surface area contributed by atoms with Crippen LogP contribution in [-0.2, 0) is 13.0 Å². The third-order valence-corrected chi connectivity index (χ3v) is 2.94. The van der Waals surface area contributed by atoms with Crippen molar-refractivity contribution in [1.29, 1.82) is 0 Å². The molecule has 0 fully saturated rings. The normalized spacial score (nSPS) is 10.8. The summed E-state index contributed by atoms with van der Waals surface area (Å²) < 4.78 is 6.88. The highest BCUT2D eigenvalue weighted by Crippen LogP contribution is 2.09. The van der Waals surface area contributed by atoms with E-state index in [1.165, 1.54) is 5.56 Å². The van der Waals surface area contributed by atoms with Gasteiger partial charge in [-0.15, -0.1) is 0 Å². The SMILES string of the molecule is Cc1ccc(Cc2noc(Cn3cc(N)cn3)n2)cc1. The Morgan fingerprint density at radius 3 is 2.75 bits per heavy atom. The molecule has 3 rings (SSSR count). The van der Waals surface area contributed by atoms with Crippen LogP contribution >= 0.6 is 0 Å². The van der Waals surface area contributed by atoms with Crippen LogP contribution < -0.4 is 5.73 Å². The number of anilines is 1. The number of nitrogens with zero attached hydrogens (tertiary/aromatic N) is 4. The lowest BCUT2D eigenvalue weighted by atomic mass is 10.1. The van der Waals surface area contributed by atoms with Crippen molar-refractivity contribution in [2.24, 2.45) is 0 Å². The molecule has 2 heterocycles. The Kier molecular flexibility index (Phi) is 3.20. The van der Waals surface area contributed by atoms with E-state index in [9.17, 15) is 0 Å². The maximum Gasteiger partial charge on any atom is 0.248 e. The number of rotatable bonds is 4. The average Bonchev–Trinajstić information content (AvgIpc) is 3.02. The summed E-state index contributed by atoms with van der Waals surface area (Å²) in [4.78, 5) is 4.35. The first-order valence-electron chi connectivity index (χ1n) is 6.34. The molecule has 0 unspecified atom stereocenters. The topological polar surface area (TPSA) is 82.8 Å². The van der Waals surface area contributed by atoms with Crippen molar-refractivity contribution in [3.63, 3.8) is 0 Å². The second-order valence-corrected chi connectivity index (χ2v) is 4.74. The second kappa shape index (κ2) is 5.16. The number of hydrogen-bond acceptors (Lipinski definition) is 5. The van der Waals surface area contributed by atoms with Gasteiger partial charge in [-0.05, 0) is 12.5 Å². The summed E-state index contributed by atoms with van der Waals surface area (Å²) in [7, 11) is 0. The summed E-state index contributed by atoms with van der Waals surface area (Å²) in [6.45, 7) is 2.49. The molecule has 0 aliphatic rings. The summed E-state index contributed by atoms with van der Waals surface area (Å²) in [5.41, 5.74) is 8.61. The number of nitrogens with two attached hydrogens (primary N) is 1. The van der Waals surface area contributed by atoms with Gasteiger partial charge in [-0.25, -0.2) is 0 Å². The molecule has 2 aromatic heterocycles. The predicted octanol–water partition coefficient (Wildman–Crippen LogP) is 1.80. The Morgan fingerprint density at radius 1 is 1.25 bits per heavy atom. The Balaban J connectivity index is 1.68. The van der Waals surface area contributed by atoms with Gasteiger partial charge in [-0.2, -0.15) is 10.1 Å². The monoisotopic (exact) mass is 269 g/mol. The van der Waals surface area contributed by atoms with Crippen molar-refractivity contribution in [3.05, 3.63) is 59.5 Å². The molecule has 0 bridgehead atoms. The van der Waals surface area contributed by atoms with Gasteiger partial charge in [0.25, 0.3) is 0 Å². The number of hydrogen-bond donors (Lipinski definition) is 1. The molecule has 0 atom stereocenters. The van der Waals surface area contributed by atoms with Crippen LogP contribution in [0.4, 0.5) is 5.69 Å². The molecule has 0 saturated heterocycles. The van der Waals surface area contributed by atoms with Crippen molar-refractivity contribution < 1.29 is 4.52 Å². The Hall–Kier alpha value is -2.63. The van der Waals surface area contributed by atoms with Crippen LogP contribution in [0.3, 0.4) is 0 Å². The maximum absolute atomic E-state index is 5.60. The lowest BCUT2D eigenvalue weighted by Crippen LogP contribution is -2.00. The zero-order chi connectivity index (χ0) is 13.9. The molecule has 2 N–H and O–H groups in total. The summed E-state index contributed by atoms with van der Waals surface area (Å²) in [6, 6.07) is 8.28. The minimum Gasteiger partial charge on any atom is -0.396 e. The largest absolute Gasteiger partial charge is 0.396 e. The Bertz CT molecular complexity index is 698. The minimum atomic E-state index is 0.429. The van der Waals surface area contributed by atoms with Gasteiger partial charge in [0.05, 0.1) is 11.9 Å². The molecule has 0 aliphatic heterocycles. The van der Waals surface area contributed by atoms with Gasteiger partial charge in [0, 0.05) is 12.6 Å². The van der Waals surface area contributed by atoms with Crippen LogP contribution in [0.5, 0.6) is 0 Å². The number of benzene rings is 1. The van der Waals surface area contributed by atoms with Gasteiger partial charge in [-0.1, -0.05) is 35.0 Å². The Labute approximate surface area is 116 Å². The fourth-order valence-corrected chi connectivity index (χ4v) is 1.92. The highest BCUT2D eigenvalue weighted by molar-refractivity contribution is 5.30. The van der Waals surface area contributed by atoms with E-state index in [4.69, 9.17) is 10.3 Å². The van der Waals surface area contributed by atoms with Gasteiger partial charge in [0.1, 0.15) is 6.54 Å². The standard InChI is InChI=1S/C14H15N5O/c1-10-2-4-11(5-3-10)6-13-17-14(20-18-13)9-19-8-12(15)7-16-19/h2-5,7-8H,6,9,15H2,1H3. The Morgan fingerprint density at radius 2 is 2.05 bits per heavy atom. The fourth-order valence-electron chi connectivity index (χ4n) is 1.92. The maximum atomic E-state index is 5.60. The van der Waals surface area contributed by atoms with Crippen molar-refractivity contribution >= 4 is 5.69 Å². The van der Waals surface area contributed by atoms with E-state index in [0.29, 0.717) is 30.4 Å². The van der Waals surface area contributed by atoms with Gasteiger partial charge in [0.2, 0.25) is 5.89 Å². The molecule has 3 aromatic rings. The van der Waals surface area contributed by atoms with Gasteiger partial charge >= 0.3 is 0 Å². The molecular formula is C14H15N5O. The molecule has 6 nitrogen and oxygen atoms in total. The van der Waals surface area contributed by atoms with Crippen LogP contribution in [-0.4, -0.2) is 19.9 Å². The van der Waals surface area contributed by atoms with Gasteiger partial charge in [0.15, 0.2) is 5.82 Å². The van der Waals surface area contributed by atoms with E-state index in [1.54, 1.807) is 17.1 Å². The van der Waals surface area contributed by atoms with E-state index >= 15 is 0 Å². The molecule has 20 heavy (non-hydrogen) atoms. The highest BCUT2D eigenvalue weighted by Gasteiger charge is 2.08. The van der Waals surface area contributed by atoms with Gasteiger partial charge < -0.3 is 10.3 Å². The molecule has 0 radical (unpaired) electrons. The van der Waals surface area contributed by atoms with Crippen molar-refractivity contribution in [3.8, 4) is 0 Å². The average molecular weight is 269 g/mol. The van der Waals surface area contributed by atoms with E-state index in [1.807, 2.05) is 0 Å². The van der Waals surface area contributed by atoms with E-state index in [2.05, 4.69) is 46.4 Å². The molecule has 0 spiro atoms. The molecule has 0 amide bonds. The minimum absolute atomic E-state index is 0.429. The first-order valence-corrected chi connectivity index (χ1v) is 6.34. The summed E-state index contributed by atoms with van der Waals surface area (Å²) in [5, 5.41) is 8.06. The van der Waals surface area contributed by atoms with Gasteiger partial charge in [-0.3, -0.25) is 4.68 Å². The lowest BCUT2D eigenvalue weighted by molar-refractivity contribution is 0.362. The summed E-state index contributed by atoms with van der Waals surface area (Å²) >= 11 is 0. The molecule has 0 aliphatic carbocycles. The van der Waals surface area contributed by atoms with Crippen LogP contribution in [0.25, 0.3) is 0 Å². The van der Waals surface area contributed by atoms with E-state index in [0.717, 1.165) is 5.56 Å². The predicted molar refractivity (Wildman–Crippen MR) is 74.0 cm³/mol. The third-order valence-electron chi connectivity index (χ3n) is 2.94. The molecule has 1 aromatic carbocycles.